The van der Waals surface area contributed by atoms with Gasteiger partial charge in [-0.2, -0.15) is 5.10 Å². The Morgan fingerprint density at radius 1 is 1.67 bits per heavy atom. The molecule has 2 rings (SSSR count). The van der Waals surface area contributed by atoms with Crippen molar-refractivity contribution in [1.29, 1.82) is 0 Å². The molecule has 100 valence electrons. The predicted molar refractivity (Wildman–Crippen MR) is 71.4 cm³/mol. The molecule has 2 N–H and O–H groups in total. The van der Waals surface area contributed by atoms with Crippen molar-refractivity contribution in [2.24, 2.45) is 13.0 Å². The summed E-state index contributed by atoms with van der Waals surface area (Å²) in [7, 11) is 1.84. The van der Waals surface area contributed by atoms with Crippen LogP contribution in [0.25, 0.3) is 0 Å². The van der Waals surface area contributed by atoms with Gasteiger partial charge >= 0.3 is 0 Å². The van der Waals surface area contributed by atoms with Gasteiger partial charge in [-0.05, 0) is 45.2 Å². The van der Waals surface area contributed by atoms with E-state index in [0.29, 0.717) is 12.3 Å². The number of carbonyl (C=O) groups excluding carboxylic acids is 1. The van der Waals surface area contributed by atoms with Gasteiger partial charge in [0.1, 0.15) is 5.82 Å². The van der Waals surface area contributed by atoms with Crippen LogP contribution in [-0.4, -0.2) is 28.8 Å². The minimum Gasteiger partial charge on any atom is -0.316 e. The molecule has 0 radical (unpaired) electrons. The fraction of sp³-hybridized carbons (Fsp3) is 0.692. The number of anilines is 1. The second-order valence-electron chi connectivity index (χ2n) is 5.09. The number of aromatic nitrogens is 2. The van der Waals surface area contributed by atoms with E-state index in [-0.39, 0.29) is 5.91 Å². The number of carbonyl (C=O) groups is 1. The van der Waals surface area contributed by atoms with Gasteiger partial charge in [-0.15, -0.1) is 0 Å². The fourth-order valence-corrected chi connectivity index (χ4v) is 2.44. The highest BCUT2D eigenvalue weighted by Gasteiger charge is 2.15. The van der Waals surface area contributed by atoms with Crippen LogP contribution >= 0.6 is 0 Å². The first-order valence-corrected chi connectivity index (χ1v) is 6.66. The molecule has 18 heavy (non-hydrogen) atoms. The van der Waals surface area contributed by atoms with Crippen molar-refractivity contribution in [2.45, 2.75) is 32.6 Å². The molecular weight excluding hydrogens is 228 g/mol. The predicted octanol–water partition coefficient (Wildman–Crippen LogP) is 1.45. The van der Waals surface area contributed by atoms with E-state index in [9.17, 15) is 4.79 Å². The minimum absolute atomic E-state index is 0.0866. The topological polar surface area (TPSA) is 59.0 Å². The Hall–Kier alpha value is -1.36. The summed E-state index contributed by atoms with van der Waals surface area (Å²) in [4.78, 5) is 11.8. The lowest BCUT2D eigenvalue weighted by Crippen LogP contribution is -2.30. The van der Waals surface area contributed by atoms with Gasteiger partial charge in [0, 0.05) is 19.5 Å². The van der Waals surface area contributed by atoms with Gasteiger partial charge in [0.15, 0.2) is 0 Å². The van der Waals surface area contributed by atoms with E-state index < -0.39 is 0 Å². The van der Waals surface area contributed by atoms with Crippen LogP contribution in [0.15, 0.2) is 6.07 Å². The zero-order valence-corrected chi connectivity index (χ0v) is 11.2. The van der Waals surface area contributed by atoms with Crippen molar-refractivity contribution < 1.29 is 4.79 Å². The molecule has 1 aliphatic rings. The molecule has 1 amide bonds. The lowest BCUT2D eigenvalue weighted by atomic mass is 9.94. The Labute approximate surface area is 108 Å². The van der Waals surface area contributed by atoms with Gasteiger partial charge < -0.3 is 10.6 Å². The Morgan fingerprint density at radius 3 is 3.11 bits per heavy atom. The molecule has 1 fully saturated rings. The highest BCUT2D eigenvalue weighted by molar-refractivity contribution is 5.89. The summed E-state index contributed by atoms with van der Waals surface area (Å²) in [5.41, 5.74) is 0.921. The molecule has 2 heterocycles. The van der Waals surface area contributed by atoms with Crippen LogP contribution in [0.1, 0.15) is 31.4 Å². The number of nitrogens with zero attached hydrogens (tertiary/aromatic N) is 2. The first-order chi connectivity index (χ1) is 8.65. The lowest BCUT2D eigenvalue weighted by molar-refractivity contribution is -0.116. The molecule has 0 aliphatic carbocycles. The van der Waals surface area contributed by atoms with Crippen LogP contribution in [0.5, 0.6) is 0 Å². The van der Waals surface area contributed by atoms with Gasteiger partial charge in [0.25, 0.3) is 0 Å². The number of hydrogen-bond acceptors (Lipinski definition) is 3. The number of aryl methyl sites for hydroxylation is 2. The Bertz CT molecular complexity index is 407. The number of nitrogens with one attached hydrogen (secondary N) is 2. The van der Waals surface area contributed by atoms with Crippen LogP contribution in [-0.2, 0) is 11.8 Å². The summed E-state index contributed by atoms with van der Waals surface area (Å²) in [5, 5.41) is 10.5. The largest absolute Gasteiger partial charge is 0.316 e. The monoisotopic (exact) mass is 250 g/mol. The molecular formula is C13H22N4O. The standard InChI is InChI=1S/C13H22N4O/c1-10-8-12(17(2)16-10)15-13(18)6-5-11-4-3-7-14-9-11/h8,11,14H,3-7,9H2,1-2H3,(H,15,18). The van der Waals surface area contributed by atoms with Crippen LogP contribution < -0.4 is 10.6 Å². The van der Waals surface area contributed by atoms with Crippen molar-refractivity contribution in [1.82, 2.24) is 15.1 Å². The van der Waals surface area contributed by atoms with E-state index in [2.05, 4.69) is 15.7 Å². The van der Waals surface area contributed by atoms with Crippen LogP contribution in [0.3, 0.4) is 0 Å². The van der Waals surface area contributed by atoms with Crippen molar-refractivity contribution in [2.75, 3.05) is 18.4 Å². The lowest BCUT2D eigenvalue weighted by Gasteiger charge is -2.22. The first-order valence-electron chi connectivity index (χ1n) is 6.66. The van der Waals surface area contributed by atoms with Gasteiger partial charge in [-0.25, -0.2) is 0 Å². The molecule has 0 saturated carbocycles. The third-order valence-electron chi connectivity index (χ3n) is 3.45. The summed E-state index contributed by atoms with van der Waals surface area (Å²) in [6.45, 7) is 4.10. The van der Waals surface area contributed by atoms with Gasteiger partial charge in [-0.3, -0.25) is 9.48 Å². The smallest absolute Gasteiger partial charge is 0.225 e. The van der Waals surface area contributed by atoms with Gasteiger partial charge in [-0.1, -0.05) is 0 Å². The normalized spacial score (nSPS) is 19.8. The first kappa shape index (κ1) is 13.1. The molecule has 1 atom stereocenters. The highest BCUT2D eigenvalue weighted by atomic mass is 16.1. The average Bonchev–Trinajstić information content (AvgIpc) is 2.67. The number of rotatable bonds is 4. The summed E-state index contributed by atoms with van der Waals surface area (Å²) >= 11 is 0. The fourth-order valence-electron chi connectivity index (χ4n) is 2.44. The van der Waals surface area contributed by atoms with E-state index >= 15 is 0 Å². The molecule has 0 aromatic carbocycles. The van der Waals surface area contributed by atoms with Crippen LogP contribution in [0.4, 0.5) is 5.82 Å². The molecule has 1 aromatic rings. The number of hydrogen-bond donors (Lipinski definition) is 2. The zero-order chi connectivity index (χ0) is 13.0. The van der Waals surface area contributed by atoms with Crippen molar-refractivity contribution in [3.05, 3.63) is 11.8 Å². The molecule has 5 heteroatoms. The van der Waals surface area contributed by atoms with Gasteiger partial charge in [0.2, 0.25) is 5.91 Å². The van der Waals surface area contributed by atoms with E-state index in [0.717, 1.165) is 31.0 Å². The second-order valence-corrected chi connectivity index (χ2v) is 5.09. The third-order valence-corrected chi connectivity index (χ3v) is 3.45. The SMILES string of the molecule is Cc1cc(NC(=O)CCC2CCCNC2)n(C)n1. The number of amides is 1. The van der Waals surface area contributed by atoms with E-state index in [1.165, 1.54) is 12.8 Å². The molecule has 5 nitrogen and oxygen atoms in total. The molecule has 1 saturated heterocycles. The molecule has 1 aromatic heterocycles. The van der Waals surface area contributed by atoms with Crippen LogP contribution in [0.2, 0.25) is 0 Å². The summed E-state index contributed by atoms with van der Waals surface area (Å²) < 4.78 is 1.70. The quantitative estimate of drug-likeness (QED) is 0.850. The molecule has 1 unspecified atom stereocenters. The maximum absolute atomic E-state index is 11.8. The van der Waals surface area contributed by atoms with Crippen molar-refractivity contribution in [3.8, 4) is 0 Å². The van der Waals surface area contributed by atoms with E-state index in [1.807, 2.05) is 20.0 Å². The third kappa shape index (κ3) is 3.57. The second kappa shape index (κ2) is 6.00. The highest BCUT2D eigenvalue weighted by Crippen LogP contribution is 2.16. The van der Waals surface area contributed by atoms with E-state index in [1.54, 1.807) is 4.68 Å². The maximum atomic E-state index is 11.8. The van der Waals surface area contributed by atoms with Crippen LogP contribution in [0, 0.1) is 12.8 Å². The average molecular weight is 250 g/mol. The minimum atomic E-state index is 0.0866. The Morgan fingerprint density at radius 2 is 2.50 bits per heavy atom. The maximum Gasteiger partial charge on any atom is 0.225 e. The summed E-state index contributed by atoms with van der Waals surface area (Å²) in [5.74, 6) is 1.51. The molecule has 0 bridgehead atoms. The summed E-state index contributed by atoms with van der Waals surface area (Å²) in [6.07, 6.45) is 4.03. The molecule has 1 aliphatic heterocycles. The van der Waals surface area contributed by atoms with E-state index in [4.69, 9.17) is 0 Å². The summed E-state index contributed by atoms with van der Waals surface area (Å²) in [6, 6.07) is 1.89. The number of piperidine rings is 1. The van der Waals surface area contributed by atoms with Crippen molar-refractivity contribution in [3.63, 3.8) is 0 Å². The Kier molecular flexibility index (Phi) is 4.36. The Balaban J connectivity index is 1.76. The molecule has 0 spiro atoms. The van der Waals surface area contributed by atoms with Crippen molar-refractivity contribution >= 4 is 11.7 Å². The zero-order valence-electron chi connectivity index (χ0n) is 11.2. The van der Waals surface area contributed by atoms with Gasteiger partial charge in [0.05, 0.1) is 5.69 Å².